The summed E-state index contributed by atoms with van der Waals surface area (Å²) < 4.78 is 28.7. The number of carbonyl (C=O) groups excluding carboxylic acids is 1. The standard InChI is InChI=1S/C28H28ClN3O3S2/c1-19-16-25-26(17-20(19)2)36-28(30-25)32(18-21-6-4-3-5-7-21)27(33)22-12-14-31(15-13-22)37(34,35)24-10-8-23(29)9-11-24/h3-11,16-17,22H,12-15,18H2,1-2H3. The predicted molar refractivity (Wildman–Crippen MR) is 150 cm³/mol. The van der Waals surface area contributed by atoms with Crippen LogP contribution in [0.1, 0.15) is 29.5 Å². The summed E-state index contributed by atoms with van der Waals surface area (Å²) in [6, 6.07) is 20.3. The Morgan fingerprint density at radius 3 is 2.35 bits per heavy atom. The summed E-state index contributed by atoms with van der Waals surface area (Å²) in [7, 11) is -3.63. The molecule has 0 N–H and O–H groups in total. The zero-order valence-corrected chi connectivity index (χ0v) is 23.1. The largest absolute Gasteiger partial charge is 0.283 e. The lowest BCUT2D eigenvalue weighted by Gasteiger charge is -2.33. The Morgan fingerprint density at radius 2 is 1.68 bits per heavy atom. The number of hydrogen-bond donors (Lipinski definition) is 0. The zero-order valence-electron chi connectivity index (χ0n) is 20.7. The first-order chi connectivity index (χ1) is 17.7. The van der Waals surface area contributed by atoms with Crippen molar-refractivity contribution in [1.82, 2.24) is 9.29 Å². The van der Waals surface area contributed by atoms with Crippen LogP contribution in [0.15, 0.2) is 71.6 Å². The fraction of sp³-hybridized carbons (Fsp3) is 0.286. The molecule has 0 radical (unpaired) electrons. The average Bonchev–Trinajstić information content (AvgIpc) is 3.30. The number of carbonyl (C=O) groups is 1. The van der Waals surface area contributed by atoms with Crippen molar-refractivity contribution in [2.45, 2.75) is 38.1 Å². The van der Waals surface area contributed by atoms with E-state index in [1.165, 1.54) is 38.9 Å². The zero-order chi connectivity index (χ0) is 26.2. The minimum Gasteiger partial charge on any atom is -0.283 e. The number of anilines is 1. The van der Waals surface area contributed by atoms with E-state index in [1.807, 2.05) is 30.3 Å². The van der Waals surface area contributed by atoms with Gasteiger partial charge in [0, 0.05) is 24.0 Å². The summed E-state index contributed by atoms with van der Waals surface area (Å²) in [5.41, 5.74) is 4.26. The number of benzene rings is 3. The summed E-state index contributed by atoms with van der Waals surface area (Å²) in [6.45, 7) is 5.14. The Labute approximate surface area is 226 Å². The summed E-state index contributed by atoms with van der Waals surface area (Å²) >= 11 is 7.45. The monoisotopic (exact) mass is 553 g/mol. The molecule has 1 amide bonds. The highest BCUT2D eigenvalue weighted by Gasteiger charge is 2.35. The normalized spacial score (nSPS) is 15.2. The van der Waals surface area contributed by atoms with Crippen LogP contribution in [-0.2, 0) is 21.4 Å². The van der Waals surface area contributed by atoms with Gasteiger partial charge >= 0.3 is 0 Å². The molecule has 9 heteroatoms. The van der Waals surface area contributed by atoms with Crippen molar-refractivity contribution in [3.05, 3.63) is 88.4 Å². The lowest BCUT2D eigenvalue weighted by atomic mass is 9.96. The van der Waals surface area contributed by atoms with E-state index in [9.17, 15) is 13.2 Å². The Kier molecular flexibility index (Phi) is 7.36. The molecular weight excluding hydrogens is 526 g/mol. The molecule has 1 saturated heterocycles. The van der Waals surface area contributed by atoms with Crippen molar-refractivity contribution >= 4 is 54.2 Å². The predicted octanol–water partition coefficient (Wildman–Crippen LogP) is 6.20. The second-order valence-electron chi connectivity index (χ2n) is 9.44. The van der Waals surface area contributed by atoms with Crippen LogP contribution in [0.5, 0.6) is 0 Å². The average molecular weight is 554 g/mol. The number of amides is 1. The smallest absolute Gasteiger partial charge is 0.243 e. The lowest BCUT2D eigenvalue weighted by Crippen LogP contribution is -2.44. The van der Waals surface area contributed by atoms with Gasteiger partial charge < -0.3 is 0 Å². The van der Waals surface area contributed by atoms with Crippen LogP contribution in [0.25, 0.3) is 10.2 Å². The maximum atomic E-state index is 13.9. The van der Waals surface area contributed by atoms with Gasteiger partial charge in [0.05, 0.1) is 21.7 Å². The Balaban J connectivity index is 1.38. The maximum Gasteiger partial charge on any atom is 0.243 e. The number of fused-ring (bicyclic) bond motifs is 1. The van der Waals surface area contributed by atoms with Gasteiger partial charge in [0.1, 0.15) is 0 Å². The van der Waals surface area contributed by atoms with Crippen molar-refractivity contribution in [2.24, 2.45) is 5.92 Å². The van der Waals surface area contributed by atoms with Crippen molar-refractivity contribution in [3.8, 4) is 0 Å². The van der Waals surface area contributed by atoms with E-state index in [-0.39, 0.29) is 16.7 Å². The van der Waals surface area contributed by atoms with Crippen LogP contribution in [-0.4, -0.2) is 36.7 Å². The fourth-order valence-electron chi connectivity index (χ4n) is 4.61. The minimum absolute atomic E-state index is 0.0140. The molecule has 1 aliphatic heterocycles. The van der Waals surface area contributed by atoms with Crippen molar-refractivity contribution in [1.29, 1.82) is 0 Å². The van der Waals surface area contributed by atoms with E-state index < -0.39 is 10.0 Å². The number of sulfonamides is 1. The van der Waals surface area contributed by atoms with Gasteiger partial charge in [0.2, 0.25) is 15.9 Å². The molecule has 2 heterocycles. The number of halogens is 1. The highest BCUT2D eigenvalue weighted by atomic mass is 35.5. The molecule has 0 saturated carbocycles. The van der Waals surface area contributed by atoms with Gasteiger partial charge in [-0.05, 0) is 79.8 Å². The first kappa shape index (κ1) is 25.9. The number of piperidine rings is 1. The van der Waals surface area contributed by atoms with Gasteiger partial charge in [0.25, 0.3) is 0 Å². The van der Waals surface area contributed by atoms with Crippen molar-refractivity contribution in [2.75, 3.05) is 18.0 Å². The van der Waals surface area contributed by atoms with Crippen LogP contribution in [0, 0.1) is 19.8 Å². The molecule has 0 atom stereocenters. The molecular formula is C28H28ClN3O3S2. The second kappa shape index (κ2) is 10.5. The number of nitrogens with zero attached hydrogens (tertiary/aromatic N) is 3. The number of thiazole rings is 1. The van der Waals surface area contributed by atoms with Crippen LogP contribution in [0.2, 0.25) is 5.02 Å². The van der Waals surface area contributed by atoms with Gasteiger partial charge in [-0.15, -0.1) is 0 Å². The van der Waals surface area contributed by atoms with E-state index in [4.69, 9.17) is 16.6 Å². The van der Waals surface area contributed by atoms with Crippen LogP contribution >= 0.6 is 22.9 Å². The van der Waals surface area contributed by atoms with E-state index >= 15 is 0 Å². The van der Waals surface area contributed by atoms with Crippen LogP contribution in [0.3, 0.4) is 0 Å². The second-order valence-corrected chi connectivity index (χ2v) is 12.8. The third kappa shape index (κ3) is 5.43. The molecule has 0 spiro atoms. The Morgan fingerprint density at radius 1 is 1.03 bits per heavy atom. The van der Waals surface area contributed by atoms with Gasteiger partial charge in [0.15, 0.2) is 5.13 Å². The SMILES string of the molecule is Cc1cc2nc(N(Cc3ccccc3)C(=O)C3CCN(S(=O)(=O)c4ccc(Cl)cc4)CC3)sc2cc1C. The molecule has 0 unspecified atom stereocenters. The maximum absolute atomic E-state index is 13.9. The molecule has 6 nitrogen and oxygen atoms in total. The quantitative estimate of drug-likeness (QED) is 0.285. The molecule has 1 aromatic heterocycles. The lowest BCUT2D eigenvalue weighted by molar-refractivity contribution is -0.123. The van der Waals surface area contributed by atoms with E-state index in [1.54, 1.807) is 17.0 Å². The fourth-order valence-corrected chi connectivity index (χ4v) is 7.25. The molecule has 4 aromatic rings. The summed E-state index contributed by atoms with van der Waals surface area (Å²) in [5, 5.41) is 1.16. The van der Waals surface area contributed by atoms with Crippen LogP contribution < -0.4 is 4.90 Å². The highest BCUT2D eigenvalue weighted by molar-refractivity contribution is 7.89. The van der Waals surface area contributed by atoms with Crippen molar-refractivity contribution < 1.29 is 13.2 Å². The third-order valence-electron chi connectivity index (χ3n) is 6.93. The molecule has 37 heavy (non-hydrogen) atoms. The highest BCUT2D eigenvalue weighted by Crippen LogP contribution is 2.34. The minimum atomic E-state index is -3.63. The van der Waals surface area contributed by atoms with Gasteiger partial charge in [-0.3, -0.25) is 9.69 Å². The van der Waals surface area contributed by atoms with Crippen molar-refractivity contribution in [3.63, 3.8) is 0 Å². The van der Waals surface area contributed by atoms with E-state index in [0.29, 0.717) is 42.6 Å². The Hall–Kier alpha value is -2.78. The molecule has 5 rings (SSSR count). The molecule has 1 aliphatic rings. The Bertz CT molecular complexity index is 1490. The number of rotatable bonds is 6. The molecule has 0 bridgehead atoms. The summed E-state index contributed by atoms with van der Waals surface area (Å²) in [4.78, 5) is 20.7. The van der Waals surface area contributed by atoms with Gasteiger partial charge in [-0.1, -0.05) is 53.3 Å². The first-order valence-electron chi connectivity index (χ1n) is 12.2. The van der Waals surface area contributed by atoms with E-state index in [2.05, 4.69) is 26.0 Å². The topological polar surface area (TPSA) is 70.6 Å². The number of aryl methyl sites for hydroxylation is 2. The van der Waals surface area contributed by atoms with Gasteiger partial charge in [-0.25, -0.2) is 13.4 Å². The van der Waals surface area contributed by atoms with Crippen LogP contribution in [0.4, 0.5) is 5.13 Å². The summed E-state index contributed by atoms with van der Waals surface area (Å²) in [5.74, 6) is -0.296. The van der Waals surface area contributed by atoms with Gasteiger partial charge in [-0.2, -0.15) is 4.31 Å². The molecule has 192 valence electrons. The number of aromatic nitrogens is 1. The molecule has 3 aromatic carbocycles. The number of hydrogen-bond acceptors (Lipinski definition) is 5. The molecule has 0 aliphatic carbocycles. The summed E-state index contributed by atoms with van der Waals surface area (Å²) in [6.07, 6.45) is 0.917. The molecule has 1 fully saturated rings. The van der Waals surface area contributed by atoms with E-state index in [0.717, 1.165) is 15.8 Å². The first-order valence-corrected chi connectivity index (χ1v) is 14.8. The third-order valence-corrected chi connectivity index (χ3v) is 10.1.